The van der Waals surface area contributed by atoms with Gasteiger partial charge in [-0.25, -0.2) is 0 Å². The fourth-order valence-corrected chi connectivity index (χ4v) is 2.27. The highest BCUT2D eigenvalue weighted by atomic mass is 35.5. The molecule has 2 nitrogen and oxygen atoms in total. The summed E-state index contributed by atoms with van der Waals surface area (Å²) >= 11 is 11.7. The van der Waals surface area contributed by atoms with Crippen LogP contribution >= 0.6 is 23.2 Å². The van der Waals surface area contributed by atoms with Crippen LogP contribution in [-0.2, 0) is 0 Å². The quantitative estimate of drug-likeness (QED) is 0.787. The molecule has 0 aliphatic heterocycles. The third-order valence-electron chi connectivity index (χ3n) is 3.16. The zero-order chi connectivity index (χ0) is 13.5. The van der Waals surface area contributed by atoms with E-state index in [9.17, 15) is 4.79 Å². The van der Waals surface area contributed by atoms with Crippen molar-refractivity contribution in [2.75, 3.05) is 12.4 Å². The van der Waals surface area contributed by atoms with Crippen LogP contribution in [0.4, 0.5) is 0 Å². The number of benzene rings is 1. The molecule has 0 bridgehead atoms. The number of hydrogen-bond donors (Lipinski definition) is 1. The van der Waals surface area contributed by atoms with Crippen LogP contribution in [0.25, 0.3) is 0 Å². The lowest BCUT2D eigenvalue weighted by molar-refractivity contribution is 0.0946. The van der Waals surface area contributed by atoms with Crippen LogP contribution in [0.2, 0.25) is 5.02 Å². The van der Waals surface area contributed by atoms with Gasteiger partial charge in [0.2, 0.25) is 0 Å². The summed E-state index contributed by atoms with van der Waals surface area (Å²) in [5.74, 6) is 0.999. The van der Waals surface area contributed by atoms with E-state index >= 15 is 0 Å². The molecule has 1 unspecified atom stereocenters. The molecule has 0 fully saturated rings. The molecule has 1 N–H and O–H groups in total. The predicted octanol–water partition coefficient (Wildman–Crippen LogP) is 4.03. The zero-order valence-electron chi connectivity index (χ0n) is 10.8. The van der Waals surface area contributed by atoms with Crippen molar-refractivity contribution in [2.24, 2.45) is 5.92 Å². The lowest BCUT2D eigenvalue weighted by Gasteiger charge is -2.15. The first kappa shape index (κ1) is 15.3. The van der Waals surface area contributed by atoms with Crippen molar-refractivity contribution in [1.82, 2.24) is 5.32 Å². The van der Waals surface area contributed by atoms with Crippen molar-refractivity contribution in [3.63, 3.8) is 0 Å². The lowest BCUT2D eigenvalue weighted by Crippen LogP contribution is -2.29. The standard InChI is InChI=1S/C14H19Cl2NO/c1-3-11(7-8-15)9-17-14(18)12-5-4-6-13(16)10(12)2/h4-6,11H,3,7-9H2,1-2H3,(H,17,18). The van der Waals surface area contributed by atoms with E-state index in [0.29, 0.717) is 28.9 Å². The summed E-state index contributed by atoms with van der Waals surface area (Å²) in [4.78, 5) is 12.0. The highest BCUT2D eigenvalue weighted by molar-refractivity contribution is 6.31. The molecule has 0 aliphatic rings. The van der Waals surface area contributed by atoms with Gasteiger partial charge in [-0.1, -0.05) is 31.0 Å². The van der Waals surface area contributed by atoms with Gasteiger partial charge in [-0.05, 0) is 37.0 Å². The van der Waals surface area contributed by atoms with E-state index in [0.717, 1.165) is 18.4 Å². The molecule has 0 saturated heterocycles. The number of carbonyl (C=O) groups excluding carboxylic acids is 1. The Hall–Kier alpha value is -0.730. The van der Waals surface area contributed by atoms with Crippen LogP contribution in [0, 0.1) is 12.8 Å². The minimum Gasteiger partial charge on any atom is -0.352 e. The van der Waals surface area contributed by atoms with Crippen LogP contribution in [0.3, 0.4) is 0 Å². The molecule has 0 saturated carbocycles. The van der Waals surface area contributed by atoms with Crippen molar-refractivity contribution < 1.29 is 4.79 Å². The summed E-state index contributed by atoms with van der Waals surface area (Å²) in [5.41, 5.74) is 1.46. The van der Waals surface area contributed by atoms with Crippen molar-refractivity contribution in [2.45, 2.75) is 26.7 Å². The fourth-order valence-electron chi connectivity index (χ4n) is 1.79. The van der Waals surface area contributed by atoms with E-state index in [1.165, 1.54) is 0 Å². The molecular weight excluding hydrogens is 269 g/mol. The molecular formula is C14H19Cl2NO. The van der Waals surface area contributed by atoms with Gasteiger partial charge >= 0.3 is 0 Å². The number of hydrogen-bond acceptors (Lipinski definition) is 1. The van der Waals surface area contributed by atoms with Crippen LogP contribution in [0.1, 0.15) is 35.7 Å². The van der Waals surface area contributed by atoms with Gasteiger partial charge in [0, 0.05) is 23.0 Å². The second-order valence-corrected chi connectivity index (χ2v) is 5.16. The highest BCUT2D eigenvalue weighted by Gasteiger charge is 2.12. The van der Waals surface area contributed by atoms with Gasteiger partial charge in [0.25, 0.3) is 5.91 Å². The van der Waals surface area contributed by atoms with E-state index in [4.69, 9.17) is 23.2 Å². The monoisotopic (exact) mass is 287 g/mol. The van der Waals surface area contributed by atoms with Gasteiger partial charge in [0.1, 0.15) is 0 Å². The molecule has 1 amide bonds. The average molecular weight is 288 g/mol. The topological polar surface area (TPSA) is 29.1 Å². The Morgan fingerprint density at radius 1 is 1.44 bits per heavy atom. The SMILES string of the molecule is CCC(CCCl)CNC(=O)c1cccc(Cl)c1C. The maximum atomic E-state index is 12.0. The van der Waals surface area contributed by atoms with Crippen molar-refractivity contribution in [3.8, 4) is 0 Å². The van der Waals surface area contributed by atoms with Gasteiger partial charge in [-0.15, -0.1) is 11.6 Å². The minimum absolute atomic E-state index is 0.0666. The highest BCUT2D eigenvalue weighted by Crippen LogP contribution is 2.18. The average Bonchev–Trinajstić information content (AvgIpc) is 2.37. The zero-order valence-corrected chi connectivity index (χ0v) is 12.3. The third-order valence-corrected chi connectivity index (χ3v) is 3.79. The van der Waals surface area contributed by atoms with Crippen molar-refractivity contribution in [1.29, 1.82) is 0 Å². The number of rotatable bonds is 6. The maximum absolute atomic E-state index is 12.0. The second-order valence-electron chi connectivity index (χ2n) is 4.37. The Bertz CT molecular complexity index is 407. The van der Waals surface area contributed by atoms with E-state index < -0.39 is 0 Å². The molecule has 0 spiro atoms. The lowest BCUT2D eigenvalue weighted by atomic mass is 10.0. The van der Waals surface area contributed by atoms with Gasteiger partial charge in [-0.2, -0.15) is 0 Å². The third kappa shape index (κ3) is 4.18. The molecule has 18 heavy (non-hydrogen) atoms. The number of halogens is 2. The largest absolute Gasteiger partial charge is 0.352 e. The summed E-state index contributed by atoms with van der Waals surface area (Å²) < 4.78 is 0. The van der Waals surface area contributed by atoms with Gasteiger partial charge < -0.3 is 5.32 Å². The summed E-state index contributed by atoms with van der Waals surface area (Å²) in [7, 11) is 0. The van der Waals surface area contributed by atoms with E-state index in [1.807, 2.05) is 6.92 Å². The molecule has 100 valence electrons. The Morgan fingerprint density at radius 2 is 2.17 bits per heavy atom. The number of carbonyl (C=O) groups is 1. The van der Waals surface area contributed by atoms with Crippen LogP contribution < -0.4 is 5.32 Å². The second kappa shape index (κ2) is 7.65. The molecule has 1 aromatic carbocycles. The van der Waals surface area contributed by atoms with E-state index in [1.54, 1.807) is 18.2 Å². The summed E-state index contributed by atoms with van der Waals surface area (Å²) in [6, 6.07) is 5.37. The van der Waals surface area contributed by atoms with Gasteiger partial charge in [0.15, 0.2) is 0 Å². The molecule has 1 rings (SSSR count). The molecule has 0 aliphatic carbocycles. The summed E-state index contributed by atoms with van der Waals surface area (Å²) in [6.45, 7) is 4.62. The number of nitrogens with one attached hydrogen (secondary N) is 1. The molecule has 4 heteroatoms. The maximum Gasteiger partial charge on any atom is 0.251 e. The van der Waals surface area contributed by atoms with Crippen LogP contribution in [0.15, 0.2) is 18.2 Å². The first-order valence-electron chi connectivity index (χ1n) is 6.19. The fraction of sp³-hybridized carbons (Fsp3) is 0.500. The molecule has 0 heterocycles. The first-order valence-corrected chi connectivity index (χ1v) is 7.10. The molecule has 1 atom stereocenters. The summed E-state index contributed by atoms with van der Waals surface area (Å²) in [5, 5.41) is 3.57. The Balaban J connectivity index is 2.62. The molecule has 0 aromatic heterocycles. The van der Waals surface area contributed by atoms with Crippen LogP contribution in [-0.4, -0.2) is 18.3 Å². The Kier molecular flexibility index (Phi) is 6.51. The van der Waals surface area contributed by atoms with Crippen molar-refractivity contribution in [3.05, 3.63) is 34.3 Å². The minimum atomic E-state index is -0.0666. The number of alkyl halides is 1. The molecule has 1 aromatic rings. The normalized spacial score (nSPS) is 12.2. The van der Waals surface area contributed by atoms with Crippen LogP contribution in [0.5, 0.6) is 0 Å². The van der Waals surface area contributed by atoms with Gasteiger partial charge in [0.05, 0.1) is 0 Å². The Labute approximate surface area is 119 Å². The summed E-state index contributed by atoms with van der Waals surface area (Å²) in [6.07, 6.45) is 1.94. The molecule has 0 radical (unpaired) electrons. The van der Waals surface area contributed by atoms with Crippen molar-refractivity contribution >= 4 is 29.1 Å². The van der Waals surface area contributed by atoms with E-state index in [2.05, 4.69) is 12.2 Å². The van der Waals surface area contributed by atoms with E-state index in [-0.39, 0.29) is 5.91 Å². The number of amides is 1. The van der Waals surface area contributed by atoms with Gasteiger partial charge in [-0.3, -0.25) is 4.79 Å². The smallest absolute Gasteiger partial charge is 0.251 e. The first-order chi connectivity index (χ1) is 8.60. The predicted molar refractivity (Wildman–Crippen MR) is 77.6 cm³/mol. The Morgan fingerprint density at radius 3 is 2.78 bits per heavy atom.